The zero-order chi connectivity index (χ0) is 26.2. The summed E-state index contributed by atoms with van der Waals surface area (Å²) in [7, 11) is 0. The quantitative estimate of drug-likeness (QED) is 0.291. The van der Waals surface area contributed by atoms with Crippen molar-refractivity contribution in [2.24, 2.45) is 0 Å². The van der Waals surface area contributed by atoms with Crippen LogP contribution in [0, 0.1) is 0 Å². The van der Waals surface area contributed by atoms with Gasteiger partial charge in [0.05, 0.1) is 5.02 Å². The van der Waals surface area contributed by atoms with Crippen molar-refractivity contribution in [1.29, 1.82) is 0 Å². The standard InChI is InChI=1S/C27H26Cl4N2O3/c1-17(2)32-27(35)24(12-18-6-4-3-5-7-18)33(15-19-8-9-20(28)13-22(19)30)26(34)16-36-25-11-10-21(29)14-23(25)31/h3-11,13-14,17,24H,12,15-16H2,1-2H3,(H,32,35)/t24-/m1/s1. The van der Waals surface area contributed by atoms with Crippen LogP contribution in [-0.2, 0) is 22.6 Å². The molecule has 2 amide bonds. The monoisotopic (exact) mass is 566 g/mol. The molecule has 0 radical (unpaired) electrons. The van der Waals surface area contributed by atoms with Crippen LogP contribution in [0.25, 0.3) is 0 Å². The minimum Gasteiger partial charge on any atom is -0.482 e. The summed E-state index contributed by atoms with van der Waals surface area (Å²) in [6.07, 6.45) is 0.304. The van der Waals surface area contributed by atoms with Crippen molar-refractivity contribution in [3.05, 3.63) is 97.9 Å². The molecule has 3 aromatic rings. The highest BCUT2D eigenvalue weighted by Gasteiger charge is 2.31. The van der Waals surface area contributed by atoms with E-state index in [0.29, 0.717) is 32.8 Å². The van der Waals surface area contributed by atoms with Crippen LogP contribution in [0.4, 0.5) is 0 Å². The molecule has 0 heterocycles. The number of hydrogen-bond donors (Lipinski definition) is 1. The lowest BCUT2D eigenvalue weighted by molar-refractivity contribution is -0.143. The van der Waals surface area contributed by atoms with Gasteiger partial charge in [-0.05, 0) is 55.3 Å². The number of carbonyl (C=O) groups is 2. The summed E-state index contributed by atoms with van der Waals surface area (Å²) >= 11 is 24.7. The Labute approximate surface area is 231 Å². The maximum absolute atomic E-state index is 13.6. The molecule has 0 aliphatic heterocycles. The second kappa shape index (κ2) is 13.2. The molecule has 0 fully saturated rings. The van der Waals surface area contributed by atoms with Gasteiger partial charge in [-0.15, -0.1) is 0 Å². The van der Waals surface area contributed by atoms with Gasteiger partial charge in [0.2, 0.25) is 5.91 Å². The highest BCUT2D eigenvalue weighted by atomic mass is 35.5. The van der Waals surface area contributed by atoms with E-state index in [-0.39, 0.29) is 30.1 Å². The number of carbonyl (C=O) groups excluding carboxylic acids is 2. The van der Waals surface area contributed by atoms with Crippen LogP contribution in [0.1, 0.15) is 25.0 Å². The van der Waals surface area contributed by atoms with Crippen molar-refractivity contribution in [2.75, 3.05) is 6.61 Å². The van der Waals surface area contributed by atoms with Gasteiger partial charge < -0.3 is 15.0 Å². The zero-order valence-corrected chi connectivity index (χ0v) is 22.8. The maximum atomic E-state index is 13.6. The van der Waals surface area contributed by atoms with E-state index < -0.39 is 11.9 Å². The molecule has 0 aliphatic rings. The molecule has 3 rings (SSSR count). The number of nitrogens with one attached hydrogen (secondary N) is 1. The third-order valence-corrected chi connectivity index (χ3v) is 6.42. The summed E-state index contributed by atoms with van der Waals surface area (Å²) in [6, 6.07) is 18.3. The van der Waals surface area contributed by atoms with E-state index in [1.165, 1.54) is 11.0 Å². The molecule has 1 N–H and O–H groups in total. The molecule has 5 nitrogen and oxygen atoms in total. The van der Waals surface area contributed by atoms with Crippen molar-refractivity contribution < 1.29 is 14.3 Å². The minimum absolute atomic E-state index is 0.0789. The topological polar surface area (TPSA) is 58.6 Å². The van der Waals surface area contributed by atoms with Gasteiger partial charge in [-0.1, -0.05) is 82.8 Å². The fraction of sp³-hybridized carbons (Fsp3) is 0.259. The third kappa shape index (κ3) is 8.04. The molecule has 0 saturated heterocycles. The lowest BCUT2D eigenvalue weighted by Gasteiger charge is -2.32. The van der Waals surface area contributed by atoms with Gasteiger partial charge in [-0.3, -0.25) is 9.59 Å². The van der Waals surface area contributed by atoms with E-state index in [1.54, 1.807) is 30.3 Å². The van der Waals surface area contributed by atoms with E-state index in [4.69, 9.17) is 51.1 Å². The lowest BCUT2D eigenvalue weighted by atomic mass is 10.0. The van der Waals surface area contributed by atoms with Crippen LogP contribution >= 0.6 is 46.4 Å². The first kappa shape index (κ1) is 28.1. The van der Waals surface area contributed by atoms with Crippen LogP contribution in [0.5, 0.6) is 5.75 Å². The Morgan fingerprint density at radius 1 is 0.889 bits per heavy atom. The Kier molecular flexibility index (Phi) is 10.3. The largest absolute Gasteiger partial charge is 0.482 e. The van der Waals surface area contributed by atoms with Crippen LogP contribution in [0.15, 0.2) is 66.7 Å². The number of rotatable bonds is 10. The first-order chi connectivity index (χ1) is 17.1. The van der Waals surface area contributed by atoms with Crippen LogP contribution in [-0.4, -0.2) is 35.4 Å². The summed E-state index contributed by atoms with van der Waals surface area (Å²) in [5.41, 5.74) is 1.55. The molecular formula is C27H26Cl4N2O3. The number of amides is 2. The fourth-order valence-corrected chi connectivity index (χ4v) is 4.51. The molecule has 0 spiro atoms. The molecule has 36 heavy (non-hydrogen) atoms. The van der Waals surface area contributed by atoms with Gasteiger partial charge in [-0.2, -0.15) is 0 Å². The van der Waals surface area contributed by atoms with Crippen LogP contribution in [0.3, 0.4) is 0 Å². The summed E-state index contributed by atoms with van der Waals surface area (Å²) in [6.45, 7) is 3.47. The maximum Gasteiger partial charge on any atom is 0.261 e. The Bertz CT molecular complexity index is 1200. The average Bonchev–Trinajstić information content (AvgIpc) is 2.82. The van der Waals surface area contributed by atoms with Crippen molar-refractivity contribution >= 4 is 58.2 Å². The second-order valence-corrected chi connectivity index (χ2v) is 10.2. The Balaban J connectivity index is 1.95. The zero-order valence-electron chi connectivity index (χ0n) is 19.8. The highest BCUT2D eigenvalue weighted by molar-refractivity contribution is 6.35. The molecule has 0 saturated carbocycles. The van der Waals surface area contributed by atoms with Gasteiger partial charge in [0.15, 0.2) is 6.61 Å². The number of ether oxygens (including phenoxy) is 1. The minimum atomic E-state index is -0.821. The average molecular weight is 568 g/mol. The van der Waals surface area contributed by atoms with Crippen molar-refractivity contribution in [3.63, 3.8) is 0 Å². The lowest BCUT2D eigenvalue weighted by Crippen LogP contribution is -2.52. The molecule has 3 aromatic carbocycles. The van der Waals surface area contributed by atoms with Gasteiger partial charge in [0, 0.05) is 34.1 Å². The molecular weight excluding hydrogens is 542 g/mol. The number of hydrogen-bond acceptors (Lipinski definition) is 3. The molecule has 0 aromatic heterocycles. The van der Waals surface area contributed by atoms with E-state index in [1.807, 2.05) is 44.2 Å². The Hall–Kier alpha value is -2.44. The number of nitrogens with zero attached hydrogens (tertiary/aromatic N) is 1. The predicted octanol–water partition coefficient (Wildman–Crippen LogP) is 6.84. The third-order valence-electron chi connectivity index (χ3n) is 5.30. The van der Waals surface area contributed by atoms with Crippen LogP contribution < -0.4 is 10.1 Å². The molecule has 0 unspecified atom stereocenters. The van der Waals surface area contributed by atoms with Gasteiger partial charge in [0.25, 0.3) is 5.91 Å². The summed E-state index contributed by atoms with van der Waals surface area (Å²) < 4.78 is 5.72. The Morgan fingerprint density at radius 3 is 2.14 bits per heavy atom. The first-order valence-electron chi connectivity index (χ1n) is 11.3. The Morgan fingerprint density at radius 2 is 1.53 bits per heavy atom. The van der Waals surface area contributed by atoms with Gasteiger partial charge >= 0.3 is 0 Å². The van der Waals surface area contributed by atoms with Crippen molar-refractivity contribution in [2.45, 2.75) is 38.9 Å². The van der Waals surface area contributed by atoms with Gasteiger partial charge in [0.1, 0.15) is 11.8 Å². The summed E-state index contributed by atoms with van der Waals surface area (Å²) in [5, 5.41) is 4.53. The first-order valence-corrected chi connectivity index (χ1v) is 12.8. The fourth-order valence-electron chi connectivity index (χ4n) is 3.58. The van der Waals surface area contributed by atoms with Crippen molar-refractivity contribution in [1.82, 2.24) is 10.2 Å². The van der Waals surface area contributed by atoms with E-state index in [9.17, 15) is 9.59 Å². The molecule has 1 atom stereocenters. The summed E-state index contributed by atoms with van der Waals surface area (Å²) in [4.78, 5) is 28.4. The van der Waals surface area contributed by atoms with Crippen LogP contribution in [0.2, 0.25) is 20.1 Å². The summed E-state index contributed by atoms with van der Waals surface area (Å²) in [5.74, 6) is -0.381. The smallest absolute Gasteiger partial charge is 0.261 e. The van der Waals surface area contributed by atoms with Gasteiger partial charge in [-0.25, -0.2) is 0 Å². The van der Waals surface area contributed by atoms with Crippen molar-refractivity contribution in [3.8, 4) is 5.75 Å². The molecule has 190 valence electrons. The normalized spacial score (nSPS) is 11.8. The highest BCUT2D eigenvalue weighted by Crippen LogP contribution is 2.28. The SMILES string of the molecule is CC(C)NC(=O)[C@@H](Cc1ccccc1)N(Cc1ccc(Cl)cc1Cl)C(=O)COc1ccc(Cl)cc1Cl. The molecule has 0 bridgehead atoms. The number of halogens is 4. The molecule has 0 aliphatic carbocycles. The second-order valence-electron chi connectivity index (χ2n) is 8.49. The number of benzene rings is 3. The van der Waals surface area contributed by atoms with E-state index >= 15 is 0 Å². The molecule has 9 heteroatoms. The van der Waals surface area contributed by atoms with E-state index in [2.05, 4.69) is 5.32 Å². The predicted molar refractivity (Wildman–Crippen MR) is 146 cm³/mol. The van der Waals surface area contributed by atoms with E-state index in [0.717, 1.165) is 5.56 Å².